The summed E-state index contributed by atoms with van der Waals surface area (Å²) in [4.78, 5) is 15.0. The van der Waals surface area contributed by atoms with E-state index in [1.807, 2.05) is 43.3 Å². The number of methoxy groups -OCH3 is 1. The van der Waals surface area contributed by atoms with Crippen LogP contribution in [0.25, 0.3) is 0 Å². The quantitative estimate of drug-likeness (QED) is 0.560. The van der Waals surface area contributed by atoms with Crippen LogP contribution < -0.4 is 14.8 Å². The molecule has 2 N–H and O–H groups in total. The molecule has 0 fully saturated rings. The second kappa shape index (κ2) is 10.9. The van der Waals surface area contributed by atoms with E-state index in [-0.39, 0.29) is 22.8 Å². The van der Waals surface area contributed by atoms with Crippen LogP contribution in [0.2, 0.25) is 5.02 Å². The number of ether oxygens (including phenoxy) is 1. The van der Waals surface area contributed by atoms with Crippen LogP contribution in [0.3, 0.4) is 0 Å². The van der Waals surface area contributed by atoms with Crippen molar-refractivity contribution in [2.75, 3.05) is 27.7 Å². The van der Waals surface area contributed by atoms with Gasteiger partial charge in [-0.3, -0.25) is 4.79 Å². The highest BCUT2D eigenvalue weighted by molar-refractivity contribution is 7.89. The summed E-state index contributed by atoms with van der Waals surface area (Å²) in [5.41, 5.74) is 1.01. The highest BCUT2D eigenvalue weighted by Gasteiger charge is 2.29. The fraction of sp³-hybridized carbons (Fsp3) is 0.409. The SMILES string of the molecule is COc1ccc([C@@H](CNC(=O)[C@H](NS(=O)(=O)c2ccc(Cl)cc2)C(C)C)N(C)C)cc1. The summed E-state index contributed by atoms with van der Waals surface area (Å²) in [5, 5.41) is 3.33. The van der Waals surface area contributed by atoms with Crippen molar-refractivity contribution in [3.63, 3.8) is 0 Å². The second-order valence-electron chi connectivity index (χ2n) is 7.79. The van der Waals surface area contributed by atoms with Crippen LogP contribution in [0.1, 0.15) is 25.5 Å². The third-order valence-corrected chi connectivity index (χ3v) is 6.66. The van der Waals surface area contributed by atoms with E-state index in [4.69, 9.17) is 16.3 Å². The largest absolute Gasteiger partial charge is 0.497 e. The van der Waals surface area contributed by atoms with Gasteiger partial charge in [0.2, 0.25) is 15.9 Å². The molecule has 0 aromatic heterocycles. The Morgan fingerprint density at radius 1 is 1.06 bits per heavy atom. The van der Waals surface area contributed by atoms with Gasteiger partial charge in [0, 0.05) is 11.6 Å². The Labute approximate surface area is 189 Å². The van der Waals surface area contributed by atoms with Gasteiger partial charge < -0.3 is 15.0 Å². The highest BCUT2D eigenvalue weighted by atomic mass is 35.5. The average molecular weight is 468 g/mol. The van der Waals surface area contributed by atoms with E-state index in [0.29, 0.717) is 11.6 Å². The summed E-state index contributed by atoms with van der Waals surface area (Å²) in [6.45, 7) is 3.91. The van der Waals surface area contributed by atoms with Crippen LogP contribution in [0.5, 0.6) is 5.75 Å². The lowest BCUT2D eigenvalue weighted by molar-refractivity contribution is -0.123. The third-order valence-electron chi connectivity index (χ3n) is 4.95. The summed E-state index contributed by atoms with van der Waals surface area (Å²) in [5.74, 6) is 0.121. The van der Waals surface area contributed by atoms with Crippen LogP contribution in [0, 0.1) is 5.92 Å². The zero-order valence-corrected chi connectivity index (χ0v) is 20.0. The Bertz CT molecular complexity index is 961. The first-order chi connectivity index (χ1) is 14.5. The van der Waals surface area contributed by atoms with E-state index in [1.165, 1.54) is 24.3 Å². The number of benzene rings is 2. The zero-order chi connectivity index (χ0) is 23.2. The number of rotatable bonds is 10. The van der Waals surface area contributed by atoms with Crippen molar-refractivity contribution in [1.29, 1.82) is 0 Å². The standard InChI is InChI=1S/C22H30ClN3O4S/c1-15(2)21(25-31(28,29)19-12-8-17(23)9-13-19)22(27)24-14-20(26(3)4)16-6-10-18(30-5)11-7-16/h6-13,15,20-21,25H,14H2,1-5H3,(H,24,27)/t20-,21-/m1/s1. The molecule has 0 bridgehead atoms. The number of hydrogen-bond acceptors (Lipinski definition) is 5. The molecule has 0 spiro atoms. The van der Waals surface area contributed by atoms with Gasteiger partial charge in [-0.15, -0.1) is 0 Å². The van der Waals surface area contributed by atoms with Gasteiger partial charge in [-0.2, -0.15) is 4.72 Å². The number of carbonyl (C=O) groups excluding carboxylic acids is 1. The van der Waals surface area contributed by atoms with E-state index >= 15 is 0 Å². The van der Waals surface area contributed by atoms with Gasteiger partial charge in [-0.05, 0) is 62.0 Å². The molecule has 2 rings (SSSR count). The second-order valence-corrected chi connectivity index (χ2v) is 9.95. The summed E-state index contributed by atoms with van der Waals surface area (Å²) in [6.07, 6.45) is 0. The van der Waals surface area contributed by atoms with E-state index in [0.717, 1.165) is 11.3 Å². The monoisotopic (exact) mass is 467 g/mol. The van der Waals surface area contributed by atoms with Crippen molar-refractivity contribution in [2.45, 2.75) is 30.8 Å². The van der Waals surface area contributed by atoms with E-state index in [2.05, 4.69) is 10.0 Å². The van der Waals surface area contributed by atoms with Crippen molar-refractivity contribution in [3.05, 3.63) is 59.1 Å². The number of nitrogens with zero attached hydrogens (tertiary/aromatic N) is 1. The minimum absolute atomic E-state index is 0.0553. The molecular weight excluding hydrogens is 438 g/mol. The van der Waals surface area contributed by atoms with Gasteiger partial charge in [-0.25, -0.2) is 8.42 Å². The molecule has 0 aliphatic heterocycles. The van der Waals surface area contributed by atoms with Gasteiger partial charge in [0.25, 0.3) is 0 Å². The zero-order valence-electron chi connectivity index (χ0n) is 18.4. The first-order valence-electron chi connectivity index (χ1n) is 9.91. The van der Waals surface area contributed by atoms with Crippen LogP contribution in [0.15, 0.2) is 53.4 Å². The van der Waals surface area contributed by atoms with Crippen LogP contribution >= 0.6 is 11.6 Å². The molecule has 170 valence electrons. The topological polar surface area (TPSA) is 87.7 Å². The number of nitrogens with one attached hydrogen (secondary N) is 2. The molecule has 2 atom stereocenters. The molecule has 0 aliphatic carbocycles. The predicted octanol–water partition coefficient (Wildman–Crippen LogP) is 3.07. The number of hydrogen-bond donors (Lipinski definition) is 2. The van der Waals surface area contributed by atoms with Crippen LogP contribution in [-0.2, 0) is 14.8 Å². The molecule has 0 heterocycles. The fourth-order valence-electron chi connectivity index (χ4n) is 3.07. The smallest absolute Gasteiger partial charge is 0.241 e. The highest BCUT2D eigenvalue weighted by Crippen LogP contribution is 2.21. The minimum Gasteiger partial charge on any atom is -0.497 e. The minimum atomic E-state index is -3.87. The maximum absolute atomic E-state index is 12.9. The van der Waals surface area contributed by atoms with Gasteiger partial charge in [-0.1, -0.05) is 37.6 Å². The predicted molar refractivity (Wildman–Crippen MR) is 123 cm³/mol. The molecule has 0 radical (unpaired) electrons. The molecule has 9 heteroatoms. The number of halogens is 1. The first-order valence-corrected chi connectivity index (χ1v) is 11.8. The number of carbonyl (C=O) groups is 1. The lowest BCUT2D eigenvalue weighted by Crippen LogP contribution is -2.50. The molecule has 1 amide bonds. The molecule has 31 heavy (non-hydrogen) atoms. The Morgan fingerprint density at radius 2 is 1.65 bits per heavy atom. The lowest BCUT2D eigenvalue weighted by atomic mass is 10.0. The molecule has 2 aromatic rings. The lowest BCUT2D eigenvalue weighted by Gasteiger charge is -2.27. The maximum Gasteiger partial charge on any atom is 0.241 e. The van der Waals surface area contributed by atoms with Gasteiger partial charge in [0.1, 0.15) is 11.8 Å². The molecule has 0 saturated heterocycles. The van der Waals surface area contributed by atoms with Crippen molar-refractivity contribution in [3.8, 4) is 5.75 Å². The van der Waals surface area contributed by atoms with Crippen LogP contribution in [-0.4, -0.2) is 53.0 Å². The summed E-state index contributed by atoms with van der Waals surface area (Å²) >= 11 is 5.84. The van der Waals surface area contributed by atoms with Crippen LogP contribution in [0.4, 0.5) is 0 Å². The summed E-state index contributed by atoms with van der Waals surface area (Å²) in [7, 11) is 1.57. The normalized spacial score (nSPS) is 13.8. The Kier molecular flexibility index (Phi) is 8.88. The van der Waals surface area contributed by atoms with E-state index in [9.17, 15) is 13.2 Å². The summed E-state index contributed by atoms with van der Waals surface area (Å²) < 4.78 is 33.2. The average Bonchev–Trinajstić information content (AvgIpc) is 2.72. The van der Waals surface area contributed by atoms with Crippen molar-refractivity contribution in [1.82, 2.24) is 14.9 Å². The number of sulfonamides is 1. The molecular formula is C22H30ClN3O4S. The van der Waals surface area contributed by atoms with Crippen molar-refractivity contribution in [2.24, 2.45) is 5.92 Å². The molecule has 0 saturated carbocycles. The molecule has 0 unspecified atom stereocenters. The number of likely N-dealkylation sites (N-methyl/N-ethyl adjacent to an activating group) is 1. The summed E-state index contributed by atoms with van der Waals surface area (Å²) in [6, 6.07) is 12.4. The van der Waals surface area contributed by atoms with E-state index in [1.54, 1.807) is 21.0 Å². The third kappa shape index (κ3) is 6.93. The maximum atomic E-state index is 12.9. The number of amides is 1. The Morgan fingerprint density at radius 3 is 2.13 bits per heavy atom. The molecule has 0 aliphatic rings. The molecule has 2 aromatic carbocycles. The molecule has 7 nitrogen and oxygen atoms in total. The van der Waals surface area contributed by atoms with Crippen molar-refractivity contribution >= 4 is 27.5 Å². The van der Waals surface area contributed by atoms with Gasteiger partial charge in [0.15, 0.2) is 0 Å². The van der Waals surface area contributed by atoms with E-state index < -0.39 is 16.1 Å². The Hall–Kier alpha value is -2.13. The van der Waals surface area contributed by atoms with Gasteiger partial charge in [0.05, 0.1) is 18.0 Å². The fourth-order valence-corrected chi connectivity index (χ4v) is 4.54. The van der Waals surface area contributed by atoms with Gasteiger partial charge >= 0.3 is 0 Å². The first kappa shape index (κ1) is 25.1. The van der Waals surface area contributed by atoms with Crippen molar-refractivity contribution < 1.29 is 17.9 Å². The Balaban J connectivity index is 2.12.